The number of carboxylic acids is 1. The van der Waals surface area contributed by atoms with Gasteiger partial charge in [-0.3, -0.25) is 4.79 Å². The fourth-order valence-corrected chi connectivity index (χ4v) is 5.38. The van der Waals surface area contributed by atoms with Gasteiger partial charge in [0.2, 0.25) is 0 Å². The van der Waals surface area contributed by atoms with E-state index in [9.17, 15) is 19.5 Å². The smallest absolute Gasteiger partial charge is 0.407 e. The SMILES string of the molecule is COC(CNC(=O)OCC1c2ccccc2-c2ccccc21)C(=O)N1CCCC(C)(C)C1C(=O)O. The number of carbonyl (C=O) groups excluding carboxylic acids is 2. The maximum absolute atomic E-state index is 13.1. The van der Waals surface area contributed by atoms with E-state index in [0.29, 0.717) is 19.4 Å². The number of carbonyl (C=O) groups is 3. The largest absolute Gasteiger partial charge is 0.480 e. The molecule has 0 bridgehead atoms. The van der Waals surface area contributed by atoms with Gasteiger partial charge in [0, 0.05) is 19.6 Å². The van der Waals surface area contributed by atoms with Gasteiger partial charge < -0.3 is 24.8 Å². The van der Waals surface area contributed by atoms with Crippen LogP contribution in [0.25, 0.3) is 11.1 Å². The van der Waals surface area contributed by atoms with Crippen LogP contribution in [0.5, 0.6) is 0 Å². The van der Waals surface area contributed by atoms with E-state index in [4.69, 9.17) is 9.47 Å². The van der Waals surface area contributed by atoms with Crippen LogP contribution in [0.3, 0.4) is 0 Å². The maximum atomic E-state index is 13.1. The highest BCUT2D eigenvalue weighted by Crippen LogP contribution is 2.44. The molecule has 1 aliphatic carbocycles. The summed E-state index contributed by atoms with van der Waals surface area (Å²) < 4.78 is 10.9. The quantitative estimate of drug-likeness (QED) is 0.627. The van der Waals surface area contributed by atoms with Gasteiger partial charge in [0.15, 0.2) is 6.10 Å². The molecule has 186 valence electrons. The molecule has 1 aliphatic heterocycles. The zero-order valence-corrected chi connectivity index (χ0v) is 20.3. The van der Waals surface area contributed by atoms with Crippen molar-refractivity contribution in [3.05, 3.63) is 59.7 Å². The second-order valence-electron chi connectivity index (χ2n) is 9.80. The van der Waals surface area contributed by atoms with Crippen molar-refractivity contribution >= 4 is 18.0 Å². The first-order valence-corrected chi connectivity index (χ1v) is 11.9. The van der Waals surface area contributed by atoms with Crippen LogP contribution in [0.4, 0.5) is 4.79 Å². The van der Waals surface area contributed by atoms with Gasteiger partial charge in [-0.15, -0.1) is 0 Å². The van der Waals surface area contributed by atoms with E-state index in [1.165, 1.54) is 12.0 Å². The third-order valence-electron chi connectivity index (χ3n) is 7.12. The van der Waals surface area contributed by atoms with Crippen LogP contribution in [0.15, 0.2) is 48.5 Å². The summed E-state index contributed by atoms with van der Waals surface area (Å²) in [6, 6.07) is 15.2. The Morgan fingerprint density at radius 3 is 2.26 bits per heavy atom. The molecule has 1 heterocycles. The molecule has 35 heavy (non-hydrogen) atoms. The number of hydrogen-bond acceptors (Lipinski definition) is 5. The Hall–Kier alpha value is -3.39. The molecule has 8 heteroatoms. The number of rotatable bonds is 7. The lowest BCUT2D eigenvalue weighted by Crippen LogP contribution is -2.59. The summed E-state index contributed by atoms with van der Waals surface area (Å²) in [5, 5.41) is 12.4. The average Bonchev–Trinajstić information content (AvgIpc) is 3.15. The Bertz CT molecular complexity index is 1070. The molecular formula is C27H32N2O6. The number of fused-ring (bicyclic) bond motifs is 3. The third kappa shape index (κ3) is 4.89. The molecule has 2 N–H and O–H groups in total. The van der Waals surface area contributed by atoms with Crippen LogP contribution in [0.1, 0.15) is 43.7 Å². The molecule has 2 amide bonds. The number of benzene rings is 2. The van der Waals surface area contributed by atoms with Crippen molar-refractivity contribution in [3.8, 4) is 11.1 Å². The van der Waals surface area contributed by atoms with Gasteiger partial charge in [0.1, 0.15) is 12.6 Å². The molecule has 4 rings (SSSR count). The van der Waals surface area contributed by atoms with Crippen molar-refractivity contribution in [1.29, 1.82) is 0 Å². The van der Waals surface area contributed by atoms with Gasteiger partial charge >= 0.3 is 12.1 Å². The van der Waals surface area contributed by atoms with Crippen molar-refractivity contribution in [2.75, 3.05) is 26.8 Å². The van der Waals surface area contributed by atoms with Crippen LogP contribution in [-0.4, -0.2) is 66.9 Å². The number of methoxy groups -OCH3 is 1. The number of piperidine rings is 1. The predicted octanol–water partition coefficient (Wildman–Crippen LogP) is 3.64. The van der Waals surface area contributed by atoms with Crippen molar-refractivity contribution in [3.63, 3.8) is 0 Å². The molecule has 1 fully saturated rings. The molecule has 0 saturated carbocycles. The Labute approximate surface area is 205 Å². The summed E-state index contributed by atoms with van der Waals surface area (Å²) in [4.78, 5) is 38.9. The average molecular weight is 481 g/mol. The number of ether oxygens (including phenoxy) is 2. The molecular weight excluding hydrogens is 448 g/mol. The van der Waals surface area contributed by atoms with Gasteiger partial charge in [-0.1, -0.05) is 62.4 Å². The molecule has 2 aromatic rings. The van der Waals surface area contributed by atoms with Crippen LogP contribution in [0, 0.1) is 5.41 Å². The van der Waals surface area contributed by atoms with Crippen LogP contribution in [0.2, 0.25) is 0 Å². The zero-order chi connectivity index (χ0) is 25.2. The lowest BCUT2D eigenvalue weighted by atomic mass is 9.76. The van der Waals surface area contributed by atoms with Crippen LogP contribution < -0.4 is 5.32 Å². The number of nitrogens with zero attached hydrogens (tertiary/aromatic N) is 1. The highest BCUT2D eigenvalue weighted by Gasteiger charge is 2.46. The van der Waals surface area contributed by atoms with Gasteiger partial charge in [-0.25, -0.2) is 9.59 Å². The van der Waals surface area contributed by atoms with Crippen LogP contribution in [-0.2, 0) is 19.1 Å². The molecule has 2 atom stereocenters. The van der Waals surface area contributed by atoms with E-state index in [1.807, 2.05) is 50.2 Å². The summed E-state index contributed by atoms with van der Waals surface area (Å²) in [5.74, 6) is -1.56. The van der Waals surface area contributed by atoms with Crippen molar-refractivity contribution in [2.45, 2.75) is 44.8 Å². The van der Waals surface area contributed by atoms with Crippen LogP contribution >= 0.6 is 0 Å². The van der Waals surface area contributed by atoms with Gasteiger partial charge in [-0.2, -0.15) is 0 Å². The Kier molecular flexibility index (Phi) is 7.12. The topological polar surface area (TPSA) is 105 Å². The number of amides is 2. The second-order valence-corrected chi connectivity index (χ2v) is 9.80. The normalized spacial score (nSPS) is 19.4. The number of hydrogen-bond donors (Lipinski definition) is 2. The molecule has 0 radical (unpaired) electrons. The lowest BCUT2D eigenvalue weighted by molar-refractivity contribution is -0.163. The Morgan fingerprint density at radius 1 is 1.09 bits per heavy atom. The number of aliphatic carboxylic acids is 1. The molecule has 2 unspecified atom stereocenters. The Morgan fingerprint density at radius 2 is 1.69 bits per heavy atom. The molecule has 0 aromatic heterocycles. The summed E-state index contributed by atoms with van der Waals surface area (Å²) in [6.45, 7) is 4.08. The molecule has 2 aliphatic rings. The third-order valence-corrected chi connectivity index (χ3v) is 7.12. The fraction of sp³-hybridized carbons (Fsp3) is 0.444. The van der Waals surface area contributed by atoms with Crippen molar-refractivity contribution in [1.82, 2.24) is 10.2 Å². The number of likely N-dealkylation sites (tertiary alicyclic amines) is 1. The van der Waals surface area contributed by atoms with Crippen molar-refractivity contribution in [2.24, 2.45) is 5.41 Å². The maximum Gasteiger partial charge on any atom is 0.407 e. The van der Waals surface area contributed by atoms with E-state index in [-0.39, 0.29) is 19.1 Å². The molecule has 0 spiro atoms. The highest BCUT2D eigenvalue weighted by atomic mass is 16.5. The monoisotopic (exact) mass is 480 g/mol. The van der Waals surface area contributed by atoms with Gasteiger partial charge in [0.25, 0.3) is 5.91 Å². The lowest BCUT2D eigenvalue weighted by Gasteiger charge is -2.44. The summed E-state index contributed by atoms with van der Waals surface area (Å²) in [5.41, 5.74) is 3.94. The van der Waals surface area contributed by atoms with Gasteiger partial charge in [-0.05, 0) is 40.5 Å². The second kappa shape index (κ2) is 10.1. The molecule has 2 aromatic carbocycles. The van der Waals surface area contributed by atoms with E-state index < -0.39 is 35.5 Å². The van der Waals surface area contributed by atoms with E-state index in [2.05, 4.69) is 17.4 Å². The molecule has 1 saturated heterocycles. The number of carboxylic acid groups (broad SMARTS) is 1. The standard InChI is InChI=1S/C27H32N2O6/c1-27(2)13-8-14-29(23(27)25(31)32)24(30)22(34-3)15-28-26(33)35-16-21-19-11-6-4-9-17(19)18-10-5-7-12-20(18)21/h4-7,9-12,21-23H,8,13-16H2,1-3H3,(H,28,33)(H,31,32). The summed E-state index contributed by atoms with van der Waals surface area (Å²) in [6.07, 6.45) is -0.246. The first kappa shape index (κ1) is 24.7. The van der Waals surface area contributed by atoms with E-state index in [0.717, 1.165) is 22.3 Å². The van der Waals surface area contributed by atoms with E-state index >= 15 is 0 Å². The highest BCUT2D eigenvalue weighted by molar-refractivity contribution is 5.87. The fourth-order valence-electron chi connectivity index (χ4n) is 5.38. The minimum absolute atomic E-state index is 0.0695. The first-order valence-electron chi connectivity index (χ1n) is 11.9. The first-order chi connectivity index (χ1) is 16.7. The van der Waals surface area contributed by atoms with Crippen molar-refractivity contribution < 1.29 is 29.0 Å². The Balaban J connectivity index is 1.37. The zero-order valence-electron chi connectivity index (χ0n) is 20.3. The van der Waals surface area contributed by atoms with E-state index in [1.54, 1.807) is 0 Å². The molecule has 8 nitrogen and oxygen atoms in total. The minimum atomic E-state index is -1.04. The minimum Gasteiger partial charge on any atom is -0.480 e. The van der Waals surface area contributed by atoms with Gasteiger partial charge in [0.05, 0.1) is 6.54 Å². The number of nitrogens with one attached hydrogen (secondary N) is 1. The summed E-state index contributed by atoms with van der Waals surface area (Å²) in [7, 11) is 1.37. The summed E-state index contributed by atoms with van der Waals surface area (Å²) >= 11 is 0. The number of alkyl carbamates (subject to hydrolysis) is 1. The predicted molar refractivity (Wildman–Crippen MR) is 130 cm³/mol.